The lowest BCUT2D eigenvalue weighted by Crippen LogP contribution is -2.13. The van der Waals surface area contributed by atoms with Crippen LogP contribution in [0.25, 0.3) is 0 Å². The number of rotatable bonds is 6. The van der Waals surface area contributed by atoms with Crippen LogP contribution in [0.4, 0.5) is 17.2 Å². The van der Waals surface area contributed by atoms with E-state index in [-0.39, 0.29) is 5.91 Å². The fraction of sp³-hybridized carbons (Fsp3) is 0.182. The van der Waals surface area contributed by atoms with Gasteiger partial charge in [-0.1, -0.05) is 30.3 Å². The van der Waals surface area contributed by atoms with Crippen LogP contribution in [0.3, 0.4) is 0 Å². The van der Waals surface area contributed by atoms with Crippen LogP contribution in [-0.2, 0) is 0 Å². The van der Waals surface area contributed by atoms with Crippen molar-refractivity contribution in [1.29, 1.82) is 0 Å². The Kier molecular flexibility index (Phi) is 5.71. The number of nitrogens with one attached hydrogen (secondary N) is 2. The first-order valence-electron chi connectivity index (χ1n) is 8.91. The lowest BCUT2D eigenvalue weighted by molar-refractivity contribution is 0.102. The van der Waals surface area contributed by atoms with Crippen molar-refractivity contribution in [1.82, 2.24) is 4.98 Å². The van der Waals surface area contributed by atoms with E-state index in [1.54, 1.807) is 18.3 Å². The molecule has 0 spiro atoms. The third-order valence-corrected chi connectivity index (χ3v) is 4.19. The summed E-state index contributed by atoms with van der Waals surface area (Å²) in [5.41, 5.74) is 4.44. The topological polar surface area (TPSA) is 63.2 Å². The van der Waals surface area contributed by atoms with Gasteiger partial charge >= 0.3 is 0 Å². The van der Waals surface area contributed by atoms with Crippen molar-refractivity contribution in [2.45, 2.75) is 20.8 Å². The molecule has 0 unspecified atom stereocenters. The molecule has 0 aliphatic rings. The van der Waals surface area contributed by atoms with Crippen LogP contribution in [0.15, 0.2) is 60.8 Å². The molecule has 0 radical (unpaired) electrons. The largest absolute Gasteiger partial charge is 0.492 e. The number of ether oxygens (including phenoxy) is 1. The van der Waals surface area contributed by atoms with Crippen LogP contribution in [0.1, 0.15) is 28.4 Å². The number of carbonyl (C=O) groups is 1. The average molecular weight is 361 g/mol. The molecular formula is C22H23N3O2. The first-order valence-corrected chi connectivity index (χ1v) is 8.91. The van der Waals surface area contributed by atoms with Gasteiger partial charge in [-0.25, -0.2) is 4.98 Å². The minimum Gasteiger partial charge on any atom is -0.492 e. The van der Waals surface area contributed by atoms with E-state index in [9.17, 15) is 4.79 Å². The van der Waals surface area contributed by atoms with E-state index in [0.29, 0.717) is 29.4 Å². The molecule has 0 atom stereocenters. The fourth-order valence-electron chi connectivity index (χ4n) is 2.79. The maximum Gasteiger partial charge on any atom is 0.257 e. The lowest BCUT2D eigenvalue weighted by atomic mass is 10.1. The lowest BCUT2D eigenvalue weighted by Gasteiger charge is -2.13. The number of aryl methyl sites for hydroxylation is 2. The molecule has 5 heteroatoms. The van der Waals surface area contributed by atoms with Gasteiger partial charge in [-0.05, 0) is 56.2 Å². The molecule has 138 valence electrons. The van der Waals surface area contributed by atoms with Gasteiger partial charge in [-0.2, -0.15) is 0 Å². The van der Waals surface area contributed by atoms with Crippen LogP contribution in [0.5, 0.6) is 5.75 Å². The third kappa shape index (κ3) is 4.44. The highest BCUT2D eigenvalue weighted by atomic mass is 16.5. The maximum absolute atomic E-state index is 12.5. The Balaban J connectivity index is 1.73. The van der Waals surface area contributed by atoms with Crippen LogP contribution < -0.4 is 15.4 Å². The predicted octanol–water partition coefficient (Wildman–Crippen LogP) is 5.09. The number of aromatic nitrogens is 1. The summed E-state index contributed by atoms with van der Waals surface area (Å²) in [5, 5.41) is 6.19. The summed E-state index contributed by atoms with van der Waals surface area (Å²) in [7, 11) is 0. The molecule has 5 nitrogen and oxygen atoms in total. The summed E-state index contributed by atoms with van der Waals surface area (Å²) in [6, 6.07) is 17.0. The molecule has 1 aromatic heterocycles. The van der Waals surface area contributed by atoms with Crippen molar-refractivity contribution < 1.29 is 9.53 Å². The molecule has 27 heavy (non-hydrogen) atoms. The number of hydrogen-bond acceptors (Lipinski definition) is 4. The summed E-state index contributed by atoms with van der Waals surface area (Å²) in [6.07, 6.45) is 1.56. The van der Waals surface area contributed by atoms with E-state index in [0.717, 1.165) is 16.8 Å². The standard InChI is InChI=1S/C22H23N3O2/c1-4-27-19-11-6-5-10-18(19)24-22(26)17-12-13-20(23-14-17)25-21-15(2)8-7-9-16(21)3/h5-14H,4H2,1-3H3,(H,23,25)(H,24,26). The van der Waals surface area contributed by atoms with Gasteiger partial charge in [-0.15, -0.1) is 0 Å². The Bertz CT molecular complexity index is 916. The maximum atomic E-state index is 12.5. The van der Waals surface area contributed by atoms with E-state index in [2.05, 4.69) is 15.6 Å². The number of amides is 1. The Morgan fingerprint density at radius 3 is 2.41 bits per heavy atom. The van der Waals surface area contributed by atoms with Crippen molar-refractivity contribution >= 4 is 23.1 Å². The van der Waals surface area contributed by atoms with E-state index in [4.69, 9.17) is 4.74 Å². The highest BCUT2D eigenvalue weighted by Gasteiger charge is 2.11. The van der Waals surface area contributed by atoms with Gasteiger partial charge in [0.15, 0.2) is 0 Å². The first kappa shape index (κ1) is 18.5. The number of nitrogens with zero attached hydrogens (tertiary/aromatic N) is 1. The normalized spacial score (nSPS) is 10.3. The zero-order chi connectivity index (χ0) is 19.2. The molecule has 0 saturated carbocycles. The molecular weight excluding hydrogens is 338 g/mol. The van der Waals surface area contributed by atoms with E-state index in [1.807, 2.05) is 63.2 Å². The van der Waals surface area contributed by atoms with Crippen molar-refractivity contribution in [3.05, 3.63) is 77.5 Å². The van der Waals surface area contributed by atoms with Crippen molar-refractivity contribution in [3.8, 4) is 5.75 Å². The highest BCUT2D eigenvalue weighted by molar-refractivity contribution is 6.04. The quantitative estimate of drug-likeness (QED) is 0.642. The second kappa shape index (κ2) is 8.36. The first-order chi connectivity index (χ1) is 13.1. The van der Waals surface area contributed by atoms with Crippen molar-refractivity contribution in [2.75, 3.05) is 17.2 Å². The zero-order valence-corrected chi connectivity index (χ0v) is 15.7. The number of benzene rings is 2. The molecule has 0 aliphatic heterocycles. The molecule has 0 fully saturated rings. The van der Waals surface area contributed by atoms with Gasteiger partial charge in [0, 0.05) is 11.9 Å². The Morgan fingerprint density at radius 1 is 1.00 bits per heavy atom. The molecule has 2 aromatic carbocycles. The number of carbonyl (C=O) groups excluding carboxylic acids is 1. The van der Waals surface area contributed by atoms with Gasteiger partial charge in [0.2, 0.25) is 0 Å². The minimum atomic E-state index is -0.228. The molecule has 1 heterocycles. The Morgan fingerprint density at radius 2 is 1.74 bits per heavy atom. The van der Waals surface area contributed by atoms with Crippen molar-refractivity contribution in [3.63, 3.8) is 0 Å². The molecule has 0 bridgehead atoms. The molecule has 3 aromatic rings. The predicted molar refractivity (Wildman–Crippen MR) is 109 cm³/mol. The summed E-state index contributed by atoms with van der Waals surface area (Å²) in [5.74, 6) is 1.11. The molecule has 1 amide bonds. The third-order valence-electron chi connectivity index (χ3n) is 4.19. The number of pyridine rings is 1. The van der Waals surface area contributed by atoms with Crippen molar-refractivity contribution in [2.24, 2.45) is 0 Å². The average Bonchev–Trinajstić information content (AvgIpc) is 2.67. The van der Waals surface area contributed by atoms with Crippen LogP contribution in [-0.4, -0.2) is 17.5 Å². The van der Waals surface area contributed by atoms with E-state index >= 15 is 0 Å². The number of hydrogen-bond donors (Lipinski definition) is 2. The summed E-state index contributed by atoms with van der Waals surface area (Å²) >= 11 is 0. The summed E-state index contributed by atoms with van der Waals surface area (Å²) < 4.78 is 5.54. The van der Waals surface area contributed by atoms with Gasteiger partial charge in [0.25, 0.3) is 5.91 Å². The Hall–Kier alpha value is -3.34. The molecule has 2 N–H and O–H groups in total. The SMILES string of the molecule is CCOc1ccccc1NC(=O)c1ccc(Nc2c(C)cccc2C)nc1. The van der Waals surface area contributed by atoms with Crippen LogP contribution in [0, 0.1) is 13.8 Å². The molecule has 0 saturated heterocycles. The van der Waals surface area contributed by atoms with Crippen LogP contribution in [0.2, 0.25) is 0 Å². The fourth-order valence-corrected chi connectivity index (χ4v) is 2.79. The second-order valence-corrected chi connectivity index (χ2v) is 6.21. The van der Waals surface area contributed by atoms with E-state index < -0.39 is 0 Å². The zero-order valence-electron chi connectivity index (χ0n) is 15.7. The number of para-hydroxylation sites is 3. The van der Waals surface area contributed by atoms with Gasteiger partial charge < -0.3 is 15.4 Å². The van der Waals surface area contributed by atoms with Gasteiger partial charge in [0.05, 0.1) is 17.9 Å². The smallest absolute Gasteiger partial charge is 0.257 e. The summed E-state index contributed by atoms with van der Waals surface area (Å²) in [4.78, 5) is 16.9. The summed E-state index contributed by atoms with van der Waals surface area (Å²) in [6.45, 7) is 6.54. The second-order valence-electron chi connectivity index (χ2n) is 6.21. The monoisotopic (exact) mass is 361 g/mol. The van der Waals surface area contributed by atoms with E-state index in [1.165, 1.54) is 0 Å². The Labute approximate surface area is 159 Å². The minimum absolute atomic E-state index is 0.228. The van der Waals surface area contributed by atoms with Gasteiger partial charge in [-0.3, -0.25) is 4.79 Å². The highest BCUT2D eigenvalue weighted by Crippen LogP contribution is 2.25. The molecule has 0 aliphatic carbocycles. The van der Waals surface area contributed by atoms with Gasteiger partial charge in [0.1, 0.15) is 11.6 Å². The molecule has 3 rings (SSSR count). The van der Waals surface area contributed by atoms with Crippen LogP contribution >= 0.6 is 0 Å². The number of anilines is 3.